The van der Waals surface area contributed by atoms with Crippen molar-refractivity contribution in [2.24, 2.45) is 0 Å². The molecule has 0 aliphatic rings. The standard InChI is InChI=1S/C23H25NOP/c1-19(23(25)24(2)3)26(20-13-7-4-8-14-20,21-15-9-5-10-16-21)22-17-11-6-12-18-22/h4-19H,1-3H3/q+1/t19-/m1/s1. The largest absolute Gasteiger partial charge is 0.345 e. The highest BCUT2D eigenvalue weighted by molar-refractivity contribution is 7.96. The Hall–Kier alpha value is -2.44. The van der Waals surface area contributed by atoms with E-state index in [1.54, 1.807) is 4.90 Å². The lowest BCUT2D eigenvalue weighted by molar-refractivity contribution is -0.127. The first-order chi connectivity index (χ1) is 12.6. The Morgan fingerprint density at radius 1 is 0.692 bits per heavy atom. The summed E-state index contributed by atoms with van der Waals surface area (Å²) in [6, 6.07) is 31.6. The van der Waals surface area contributed by atoms with Gasteiger partial charge in [0, 0.05) is 14.1 Å². The minimum Gasteiger partial charge on any atom is -0.345 e. The van der Waals surface area contributed by atoms with E-state index in [0.29, 0.717) is 0 Å². The zero-order valence-electron chi connectivity index (χ0n) is 15.5. The van der Waals surface area contributed by atoms with E-state index in [-0.39, 0.29) is 11.6 Å². The normalized spacial score (nSPS) is 12.4. The predicted octanol–water partition coefficient (Wildman–Crippen LogP) is 3.46. The summed E-state index contributed by atoms with van der Waals surface area (Å²) in [5.74, 6) is 0.162. The molecule has 26 heavy (non-hydrogen) atoms. The van der Waals surface area contributed by atoms with Crippen molar-refractivity contribution in [1.29, 1.82) is 0 Å². The monoisotopic (exact) mass is 362 g/mol. The fourth-order valence-electron chi connectivity index (χ4n) is 3.65. The van der Waals surface area contributed by atoms with E-state index in [4.69, 9.17) is 0 Å². The maximum atomic E-state index is 13.2. The molecule has 3 rings (SSSR count). The Balaban J connectivity index is 2.37. The smallest absolute Gasteiger partial charge is 0.263 e. The van der Waals surface area contributed by atoms with Gasteiger partial charge in [-0.25, -0.2) is 0 Å². The van der Waals surface area contributed by atoms with E-state index in [9.17, 15) is 4.79 Å². The minimum atomic E-state index is -2.15. The Kier molecular flexibility index (Phi) is 5.54. The van der Waals surface area contributed by atoms with E-state index in [2.05, 4.69) is 79.7 Å². The summed E-state index contributed by atoms with van der Waals surface area (Å²) in [6.07, 6.45) is 0. The van der Waals surface area contributed by atoms with E-state index in [1.807, 2.05) is 32.3 Å². The average molecular weight is 362 g/mol. The van der Waals surface area contributed by atoms with Crippen molar-refractivity contribution in [1.82, 2.24) is 4.90 Å². The number of rotatable bonds is 5. The molecule has 0 aliphatic heterocycles. The van der Waals surface area contributed by atoms with E-state index < -0.39 is 7.26 Å². The van der Waals surface area contributed by atoms with Crippen LogP contribution in [0.15, 0.2) is 91.0 Å². The molecule has 0 bridgehead atoms. The van der Waals surface area contributed by atoms with E-state index >= 15 is 0 Å². The first kappa shape index (κ1) is 18.4. The van der Waals surface area contributed by atoms with Crippen molar-refractivity contribution < 1.29 is 4.79 Å². The molecular weight excluding hydrogens is 337 g/mol. The van der Waals surface area contributed by atoms with Crippen molar-refractivity contribution in [3.05, 3.63) is 91.0 Å². The topological polar surface area (TPSA) is 20.3 Å². The minimum absolute atomic E-state index is 0.148. The molecule has 132 valence electrons. The van der Waals surface area contributed by atoms with Gasteiger partial charge in [0.25, 0.3) is 5.91 Å². The van der Waals surface area contributed by atoms with Crippen molar-refractivity contribution >= 4 is 29.1 Å². The molecule has 0 heterocycles. The van der Waals surface area contributed by atoms with Crippen LogP contribution in [0.4, 0.5) is 0 Å². The molecule has 0 saturated carbocycles. The van der Waals surface area contributed by atoms with Gasteiger partial charge in [0.05, 0.1) is 0 Å². The second kappa shape index (κ2) is 7.85. The Morgan fingerprint density at radius 3 is 1.27 bits per heavy atom. The van der Waals surface area contributed by atoms with Gasteiger partial charge in [0.1, 0.15) is 23.2 Å². The quantitative estimate of drug-likeness (QED) is 0.637. The highest BCUT2D eigenvalue weighted by atomic mass is 31.2. The zero-order chi connectivity index (χ0) is 18.6. The molecule has 0 unspecified atom stereocenters. The summed E-state index contributed by atoms with van der Waals surface area (Å²) in [6.45, 7) is 2.09. The molecule has 0 spiro atoms. The van der Waals surface area contributed by atoms with Gasteiger partial charge in [-0.05, 0) is 43.3 Å². The number of carbonyl (C=O) groups excluding carboxylic acids is 1. The molecule has 3 aromatic carbocycles. The predicted molar refractivity (Wildman–Crippen MR) is 113 cm³/mol. The van der Waals surface area contributed by atoms with Crippen LogP contribution in [-0.4, -0.2) is 30.6 Å². The molecule has 0 fully saturated rings. The fourth-order valence-corrected chi connectivity index (χ4v) is 8.37. The zero-order valence-corrected chi connectivity index (χ0v) is 16.4. The van der Waals surface area contributed by atoms with Crippen LogP contribution in [0.3, 0.4) is 0 Å². The van der Waals surface area contributed by atoms with Crippen molar-refractivity contribution in [2.45, 2.75) is 12.6 Å². The highest BCUT2D eigenvalue weighted by Crippen LogP contribution is 2.59. The van der Waals surface area contributed by atoms with Gasteiger partial charge in [-0.1, -0.05) is 54.6 Å². The molecule has 0 aliphatic carbocycles. The molecule has 1 amide bonds. The second-order valence-corrected chi connectivity index (χ2v) is 10.4. The highest BCUT2D eigenvalue weighted by Gasteiger charge is 2.53. The van der Waals surface area contributed by atoms with Gasteiger partial charge in [0.2, 0.25) is 0 Å². The SMILES string of the molecule is C[C@H](C(=O)N(C)C)[P+](c1ccccc1)(c1ccccc1)c1ccccc1. The van der Waals surface area contributed by atoms with Gasteiger partial charge in [-0.15, -0.1) is 0 Å². The summed E-state index contributed by atoms with van der Waals surface area (Å²) < 4.78 is 0. The molecule has 3 heteroatoms. The number of amides is 1. The summed E-state index contributed by atoms with van der Waals surface area (Å²) in [4.78, 5) is 14.9. The first-order valence-corrected chi connectivity index (χ1v) is 10.7. The summed E-state index contributed by atoms with van der Waals surface area (Å²) in [5, 5.41) is 3.71. The number of carbonyl (C=O) groups is 1. The van der Waals surface area contributed by atoms with E-state index in [1.165, 1.54) is 15.9 Å². The van der Waals surface area contributed by atoms with Gasteiger partial charge in [-0.2, -0.15) is 0 Å². The van der Waals surface area contributed by atoms with Crippen LogP contribution in [0.5, 0.6) is 0 Å². The van der Waals surface area contributed by atoms with Crippen LogP contribution < -0.4 is 15.9 Å². The maximum absolute atomic E-state index is 13.2. The number of hydrogen-bond acceptors (Lipinski definition) is 1. The number of nitrogens with zero attached hydrogens (tertiary/aromatic N) is 1. The van der Waals surface area contributed by atoms with Crippen LogP contribution in [0, 0.1) is 0 Å². The molecule has 0 aromatic heterocycles. The van der Waals surface area contributed by atoms with Gasteiger partial charge in [0.15, 0.2) is 5.66 Å². The van der Waals surface area contributed by atoms with Gasteiger partial charge >= 0.3 is 0 Å². The Morgan fingerprint density at radius 2 is 1.00 bits per heavy atom. The molecule has 0 radical (unpaired) electrons. The maximum Gasteiger partial charge on any atom is 0.263 e. The summed E-state index contributed by atoms with van der Waals surface area (Å²) in [5.41, 5.74) is -0.148. The third kappa shape index (κ3) is 3.18. The molecule has 0 N–H and O–H groups in total. The van der Waals surface area contributed by atoms with Crippen LogP contribution in [0.1, 0.15) is 6.92 Å². The lowest BCUT2D eigenvalue weighted by atomic mass is 10.3. The third-order valence-corrected chi connectivity index (χ3v) is 9.59. The van der Waals surface area contributed by atoms with Gasteiger partial charge in [-0.3, -0.25) is 4.79 Å². The van der Waals surface area contributed by atoms with Crippen LogP contribution in [0.25, 0.3) is 0 Å². The Labute approximate surface area is 156 Å². The van der Waals surface area contributed by atoms with Crippen LogP contribution >= 0.6 is 7.26 Å². The number of benzene rings is 3. The molecular formula is C23H25NOP+. The summed E-state index contributed by atoms with van der Waals surface area (Å²) in [7, 11) is 1.54. The van der Waals surface area contributed by atoms with E-state index in [0.717, 1.165) is 0 Å². The van der Waals surface area contributed by atoms with Crippen molar-refractivity contribution in [2.75, 3.05) is 14.1 Å². The Bertz CT molecular complexity index is 750. The second-order valence-electron chi connectivity index (χ2n) is 6.64. The summed E-state index contributed by atoms with van der Waals surface area (Å²) >= 11 is 0. The fraction of sp³-hybridized carbons (Fsp3) is 0.174. The first-order valence-electron chi connectivity index (χ1n) is 8.85. The van der Waals surface area contributed by atoms with Crippen LogP contribution in [0.2, 0.25) is 0 Å². The molecule has 0 saturated heterocycles. The molecule has 1 atom stereocenters. The van der Waals surface area contributed by atoms with Crippen molar-refractivity contribution in [3.8, 4) is 0 Å². The average Bonchev–Trinajstić information content (AvgIpc) is 2.70. The lowest BCUT2D eigenvalue weighted by Gasteiger charge is -2.33. The van der Waals surface area contributed by atoms with Crippen LogP contribution in [-0.2, 0) is 4.79 Å². The molecule has 3 aromatic rings. The van der Waals surface area contributed by atoms with Crippen molar-refractivity contribution in [3.63, 3.8) is 0 Å². The number of hydrogen-bond donors (Lipinski definition) is 0. The third-order valence-electron chi connectivity index (χ3n) is 4.87. The lowest BCUT2D eigenvalue weighted by Crippen LogP contribution is -2.44. The molecule has 2 nitrogen and oxygen atoms in total. The van der Waals surface area contributed by atoms with Gasteiger partial charge < -0.3 is 4.90 Å².